The molecule has 2 amide bonds. The van der Waals surface area contributed by atoms with E-state index in [2.05, 4.69) is 26.6 Å². The highest BCUT2D eigenvalue weighted by atomic mass is 79.9. The van der Waals surface area contributed by atoms with Crippen LogP contribution in [0.4, 0.5) is 5.69 Å². The molecule has 7 heteroatoms. The second-order valence-electron chi connectivity index (χ2n) is 6.27. The van der Waals surface area contributed by atoms with Gasteiger partial charge in [-0.3, -0.25) is 9.59 Å². The first kappa shape index (κ1) is 22.3. The summed E-state index contributed by atoms with van der Waals surface area (Å²) in [5, 5.41) is 5.67. The first-order valence-electron chi connectivity index (χ1n) is 9.12. The maximum atomic E-state index is 11.9. The average molecular weight is 465 g/mol. The van der Waals surface area contributed by atoms with E-state index in [4.69, 9.17) is 4.74 Å². The number of anilines is 1. The molecule has 2 aromatic carbocycles. The fourth-order valence-corrected chi connectivity index (χ4v) is 3.38. The number of ether oxygens (including phenoxy) is 1. The maximum Gasteiger partial charge on any atom is 0.234 e. The van der Waals surface area contributed by atoms with Crippen molar-refractivity contribution in [2.24, 2.45) is 0 Å². The Morgan fingerprint density at radius 1 is 1.04 bits per heavy atom. The summed E-state index contributed by atoms with van der Waals surface area (Å²) in [6.45, 7) is 3.28. The predicted octanol–water partition coefficient (Wildman–Crippen LogP) is 4.40. The topological polar surface area (TPSA) is 67.4 Å². The van der Waals surface area contributed by atoms with Gasteiger partial charge in [-0.25, -0.2) is 0 Å². The van der Waals surface area contributed by atoms with Crippen molar-refractivity contribution in [3.63, 3.8) is 0 Å². The fraction of sp³-hybridized carbons (Fsp3) is 0.333. The molecule has 0 aliphatic heterocycles. The highest BCUT2D eigenvalue weighted by Crippen LogP contribution is 2.16. The molecule has 0 saturated heterocycles. The van der Waals surface area contributed by atoms with Gasteiger partial charge in [0.15, 0.2) is 0 Å². The van der Waals surface area contributed by atoms with Gasteiger partial charge >= 0.3 is 0 Å². The molecule has 0 aliphatic carbocycles. The molecule has 2 rings (SSSR count). The van der Waals surface area contributed by atoms with Crippen LogP contribution >= 0.6 is 27.7 Å². The minimum absolute atomic E-state index is 0.0558. The monoisotopic (exact) mass is 464 g/mol. The van der Waals surface area contributed by atoms with E-state index in [1.807, 2.05) is 55.5 Å². The number of rotatable bonds is 11. The third kappa shape index (κ3) is 9.28. The Bertz CT molecular complexity index is 769. The number of nitrogens with one attached hydrogen (secondary N) is 2. The number of thioether (sulfide) groups is 1. The van der Waals surface area contributed by atoms with Gasteiger partial charge in [0, 0.05) is 16.7 Å². The second-order valence-corrected chi connectivity index (χ2v) is 8.17. The molecule has 0 unspecified atom stereocenters. The molecule has 28 heavy (non-hydrogen) atoms. The van der Waals surface area contributed by atoms with E-state index in [9.17, 15) is 9.59 Å². The molecule has 5 nitrogen and oxygen atoms in total. The Morgan fingerprint density at radius 3 is 2.54 bits per heavy atom. The van der Waals surface area contributed by atoms with Crippen molar-refractivity contribution in [2.75, 3.05) is 30.0 Å². The summed E-state index contributed by atoms with van der Waals surface area (Å²) in [4.78, 5) is 23.7. The molecule has 0 aromatic heterocycles. The number of carbonyl (C=O) groups excluding carboxylic acids is 2. The third-order valence-electron chi connectivity index (χ3n) is 3.76. The first-order valence-corrected chi connectivity index (χ1v) is 11.1. The highest BCUT2D eigenvalue weighted by Gasteiger charge is 2.06. The summed E-state index contributed by atoms with van der Waals surface area (Å²) in [5.74, 6) is 1.20. The number of aryl methyl sites for hydroxylation is 1. The van der Waals surface area contributed by atoms with Crippen molar-refractivity contribution < 1.29 is 14.3 Å². The van der Waals surface area contributed by atoms with Gasteiger partial charge in [0.1, 0.15) is 5.75 Å². The van der Waals surface area contributed by atoms with Crippen LogP contribution < -0.4 is 15.4 Å². The zero-order valence-electron chi connectivity index (χ0n) is 15.9. The number of carbonyl (C=O) groups is 2. The van der Waals surface area contributed by atoms with E-state index in [1.165, 1.54) is 17.3 Å². The molecular weight excluding hydrogens is 440 g/mol. The molecule has 0 fully saturated rings. The van der Waals surface area contributed by atoms with Crippen molar-refractivity contribution in [3.8, 4) is 5.75 Å². The fourth-order valence-electron chi connectivity index (χ4n) is 2.33. The van der Waals surface area contributed by atoms with Gasteiger partial charge in [-0.05, 0) is 50.1 Å². The van der Waals surface area contributed by atoms with Crippen LogP contribution in [0.25, 0.3) is 0 Å². The number of hydrogen-bond acceptors (Lipinski definition) is 4. The van der Waals surface area contributed by atoms with Gasteiger partial charge < -0.3 is 15.4 Å². The summed E-state index contributed by atoms with van der Waals surface area (Å²) in [6, 6.07) is 15.4. The Hall–Kier alpha value is -1.99. The standard InChI is InChI=1S/C21H25BrN2O3S/c1-16-7-9-19(10-8-16)27-12-3-2-11-23-20(25)14-28-15-21(26)24-18-6-4-5-17(22)13-18/h4-10,13H,2-3,11-12,14-15H2,1H3,(H,23,25)(H,24,26). The molecule has 0 radical (unpaired) electrons. The molecule has 0 bridgehead atoms. The summed E-state index contributed by atoms with van der Waals surface area (Å²) in [7, 11) is 0. The van der Waals surface area contributed by atoms with Gasteiger partial charge in [0.25, 0.3) is 0 Å². The van der Waals surface area contributed by atoms with Crippen LogP contribution in [-0.2, 0) is 9.59 Å². The van der Waals surface area contributed by atoms with Gasteiger partial charge in [0.05, 0.1) is 18.1 Å². The summed E-state index contributed by atoms with van der Waals surface area (Å²) in [6.07, 6.45) is 1.72. The average Bonchev–Trinajstić information content (AvgIpc) is 2.66. The zero-order chi connectivity index (χ0) is 20.2. The summed E-state index contributed by atoms with van der Waals surface area (Å²) < 4.78 is 6.56. The molecule has 2 N–H and O–H groups in total. The Morgan fingerprint density at radius 2 is 1.79 bits per heavy atom. The number of hydrogen-bond donors (Lipinski definition) is 2. The number of halogens is 1. The lowest BCUT2D eigenvalue weighted by Crippen LogP contribution is -2.27. The van der Waals surface area contributed by atoms with Crippen LogP contribution in [0.2, 0.25) is 0 Å². The van der Waals surface area contributed by atoms with Gasteiger partial charge in [-0.15, -0.1) is 11.8 Å². The van der Waals surface area contributed by atoms with E-state index >= 15 is 0 Å². The smallest absolute Gasteiger partial charge is 0.234 e. The van der Waals surface area contributed by atoms with Crippen LogP contribution in [0.3, 0.4) is 0 Å². The van der Waals surface area contributed by atoms with Crippen molar-refractivity contribution in [3.05, 3.63) is 58.6 Å². The van der Waals surface area contributed by atoms with E-state index in [0.29, 0.717) is 13.2 Å². The first-order chi connectivity index (χ1) is 13.5. The van der Waals surface area contributed by atoms with Gasteiger partial charge in [-0.2, -0.15) is 0 Å². The summed E-state index contributed by atoms with van der Waals surface area (Å²) >= 11 is 4.66. The molecule has 0 heterocycles. The molecule has 0 spiro atoms. The van der Waals surface area contributed by atoms with Gasteiger partial charge in [0.2, 0.25) is 11.8 Å². The van der Waals surface area contributed by atoms with Crippen LogP contribution in [0.1, 0.15) is 18.4 Å². The number of benzene rings is 2. The zero-order valence-corrected chi connectivity index (χ0v) is 18.3. The minimum Gasteiger partial charge on any atom is -0.494 e. The van der Waals surface area contributed by atoms with Crippen molar-refractivity contribution in [2.45, 2.75) is 19.8 Å². The SMILES string of the molecule is Cc1ccc(OCCCCNC(=O)CSCC(=O)Nc2cccc(Br)c2)cc1. The van der Waals surface area contributed by atoms with Crippen LogP contribution in [0, 0.1) is 6.92 Å². The van der Waals surface area contributed by atoms with Crippen LogP contribution in [-0.4, -0.2) is 36.5 Å². The van der Waals surface area contributed by atoms with Gasteiger partial charge in [-0.1, -0.05) is 39.7 Å². The third-order valence-corrected chi connectivity index (χ3v) is 5.18. The normalized spacial score (nSPS) is 10.4. The minimum atomic E-state index is -0.121. The van der Waals surface area contributed by atoms with E-state index in [0.717, 1.165) is 28.8 Å². The van der Waals surface area contributed by atoms with Crippen molar-refractivity contribution in [1.29, 1.82) is 0 Å². The van der Waals surface area contributed by atoms with E-state index in [1.54, 1.807) is 0 Å². The lowest BCUT2D eigenvalue weighted by atomic mass is 10.2. The Labute approximate surface area is 178 Å². The number of amides is 2. The largest absolute Gasteiger partial charge is 0.494 e. The second kappa shape index (κ2) is 12.5. The predicted molar refractivity (Wildman–Crippen MR) is 119 cm³/mol. The lowest BCUT2D eigenvalue weighted by molar-refractivity contribution is -0.118. The molecule has 0 saturated carbocycles. The molecule has 150 valence electrons. The summed E-state index contributed by atoms with van der Waals surface area (Å²) in [5.41, 5.74) is 1.94. The van der Waals surface area contributed by atoms with Crippen LogP contribution in [0.5, 0.6) is 5.75 Å². The molecule has 0 aliphatic rings. The lowest BCUT2D eigenvalue weighted by Gasteiger charge is -2.08. The molecule has 2 aromatic rings. The van der Waals surface area contributed by atoms with E-state index < -0.39 is 0 Å². The highest BCUT2D eigenvalue weighted by molar-refractivity contribution is 9.10. The maximum absolute atomic E-state index is 11.9. The van der Waals surface area contributed by atoms with Crippen molar-refractivity contribution >= 4 is 45.2 Å². The Balaban J connectivity index is 1.48. The number of unbranched alkanes of at least 4 members (excludes halogenated alkanes) is 1. The van der Waals surface area contributed by atoms with Crippen molar-refractivity contribution in [1.82, 2.24) is 5.32 Å². The van der Waals surface area contributed by atoms with E-state index in [-0.39, 0.29) is 23.3 Å². The van der Waals surface area contributed by atoms with Crippen LogP contribution in [0.15, 0.2) is 53.0 Å². The quantitative estimate of drug-likeness (QED) is 0.483. The Kier molecular flexibility index (Phi) is 9.93. The molecular formula is C21H25BrN2O3S. The molecule has 0 atom stereocenters.